The number of nitrogens with one attached hydrogen (secondary N) is 2. The van der Waals surface area contributed by atoms with Gasteiger partial charge in [0.15, 0.2) is 5.96 Å². The van der Waals surface area contributed by atoms with Gasteiger partial charge in [0, 0.05) is 12.1 Å². The normalized spacial score (nSPS) is 17.4. The quantitative estimate of drug-likeness (QED) is 0.613. The first-order valence-electron chi connectivity index (χ1n) is 9.37. The van der Waals surface area contributed by atoms with Crippen molar-refractivity contribution >= 4 is 5.96 Å². The molecule has 0 bridgehead atoms. The van der Waals surface area contributed by atoms with Gasteiger partial charge in [-0.05, 0) is 71.3 Å². The summed E-state index contributed by atoms with van der Waals surface area (Å²) in [6.07, 6.45) is 2.54. The van der Waals surface area contributed by atoms with Gasteiger partial charge in [-0.15, -0.1) is 0 Å². The highest BCUT2D eigenvalue weighted by molar-refractivity contribution is 5.80. The van der Waals surface area contributed by atoms with Crippen molar-refractivity contribution < 1.29 is 4.74 Å². The highest BCUT2D eigenvalue weighted by atomic mass is 16.5. The van der Waals surface area contributed by atoms with E-state index < -0.39 is 0 Å². The zero-order chi connectivity index (χ0) is 18.3. The Balaban J connectivity index is 2.21. The molecule has 140 valence electrons. The second-order valence-electron chi connectivity index (χ2n) is 7.63. The lowest BCUT2D eigenvalue weighted by Gasteiger charge is -2.28. The third-order valence-corrected chi connectivity index (χ3v) is 4.32. The van der Waals surface area contributed by atoms with Gasteiger partial charge in [-0.2, -0.15) is 0 Å². The predicted molar refractivity (Wildman–Crippen MR) is 105 cm³/mol. The fraction of sp³-hybridized carbons (Fsp3) is 0.650. The number of ether oxygens (including phenoxy) is 1. The summed E-state index contributed by atoms with van der Waals surface area (Å²) in [6.45, 7) is 12.4. The Morgan fingerprint density at radius 3 is 2.60 bits per heavy atom. The van der Waals surface area contributed by atoms with Crippen LogP contribution in [0.1, 0.15) is 52.1 Å². The number of rotatable bonds is 6. The largest absolute Gasteiger partial charge is 0.497 e. The minimum Gasteiger partial charge on any atom is -0.497 e. The van der Waals surface area contributed by atoms with Crippen molar-refractivity contribution in [3.05, 3.63) is 29.8 Å². The summed E-state index contributed by atoms with van der Waals surface area (Å²) in [5.41, 5.74) is 1.26. The van der Waals surface area contributed by atoms with Crippen LogP contribution in [0.4, 0.5) is 0 Å². The second kappa shape index (κ2) is 9.09. The van der Waals surface area contributed by atoms with Gasteiger partial charge in [-0.25, -0.2) is 0 Å². The molecule has 0 saturated carbocycles. The van der Waals surface area contributed by atoms with Gasteiger partial charge < -0.3 is 15.4 Å². The van der Waals surface area contributed by atoms with Crippen molar-refractivity contribution in [1.29, 1.82) is 0 Å². The summed E-state index contributed by atoms with van der Waals surface area (Å²) in [4.78, 5) is 7.43. The Morgan fingerprint density at radius 2 is 2.00 bits per heavy atom. The van der Waals surface area contributed by atoms with Gasteiger partial charge >= 0.3 is 0 Å². The average molecular weight is 347 g/mol. The fourth-order valence-electron chi connectivity index (χ4n) is 3.17. The first-order chi connectivity index (χ1) is 11.9. The van der Waals surface area contributed by atoms with Crippen LogP contribution in [0.5, 0.6) is 5.75 Å². The summed E-state index contributed by atoms with van der Waals surface area (Å²) < 4.78 is 5.42. The monoisotopic (exact) mass is 346 g/mol. The van der Waals surface area contributed by atoms with Crippen LogP contribution in [0.2, 0.25) is 0 Å². The summed E-state index contributed by atoms with van der Waals surface area (Å²) in [5.74, 6) is 1.78. The second-order valence-corrected chi connectivity index (χ2v) is 7.63. The molecule has 1 aliphatic heterocycles. The molecule has 1 saturated heterocycles. The van der Waals surface area contributed by atoms with Gasteiger partial charge in [0.1, 0.15) is 5.75 Å². The average Bonchev–Trinajstić information content (AvgIpc) is 3.08. The van der Waals surface area contributed by atoms with Crippen molar-refractivity contribution in [2.75, 3.05) is 33.3 Å². The maximum atomic E-state index is 5.42. The van der Waals surface area contributed by atoms with Crippen LogP contribution in [0.15, 0.2) is 29.3 Å². The maximum absolute atomic E-state index is 5.42. The van der Waals surface area contributed by atoms with E-state index in [1.165, 1.54) is 18.4 Å². The molecule has 1 aliphatic rings. The van der Waals surface area contributed by atoms with Crippen molar-refractivity contribution in [2.24, 2.45) is 4.99 Å². The summed E-state index contributed by atoms with van der Waals surface area (Å²) in [6, 6.07) is 8.68. The smallest absolute Gasteiger partial charge is 0.191 e. The molecule has 5 heteroatoms. The SMILES string of the molecule is CCNC(=NCC(c1cccc(OC)c1)N1CCCC1)NC(C)(C)C. The van der Waals surface area contributed by atoms with Crippen LogP contribution in [-0.4, -0.2) is 49.7 Å². The molecule has 1 aromatic rings. The number of nitrogens with zero attached hydrogens (tertiary/aromatic N) is 2. The molecule has 1 fully saturated rings. The highest BCUT2D eigenvalue weighted by Crippen LogP contribution is 2.27. The van der Waals surface area contributed by atoms with Crippen LogP contribution < -0.4 is 15.4 Å². The van der Waals surface area contributed by atoms with Crippen LogP contribution in [-0.2, 0) is 0 Å². The molecule has 0 spiro atoms. The topological polar surface area (TPSA) is 48.9 Å². The Hall–Kier alpha value is -1.75. The predicted octanol–water partition coefficient (Wildman–Crippen LogP) is 3.19. The maximum Gasteiger partial charge on any atom is 0.191 e. The van der Waals surface area contributed by atoms with Crippen molar-refractivity contribution in [3.63, 3.8) is 0 Å². The first kappa shape index (κ1) is 19.6. The van der Waals surface area contributed by atoms with Gasteiger partial charge in [0.2, 0.25) is 0 Å². The Kier molecular flexibility index (Phi) is 7.12. The van der Waals surface area contributed by atoms with E-state index in [0.29, 0.717) is 0 Å². The third kappa shape index (κ3) is 6.24. The third-order valence-electron chi connectivity index (χ3n) is 4.32. The lowest BCUT2D eigenvalue weighted by Crippen LogP contribution is -2.48. The molecule has 0 radical (unpaired) electrons. The molecule has 2 N–H and O–H groups in total. The number of guanidine groups is 1. The summed E-state index contributed by atoms with van der Waals surface area (Å²) >= 11 is 0. The molecule has 1 aromatic carbocycles. The fourth-order valence-corrected chi connectivity index (χ4v) is 3.17. The molecule has 25 heavy (non-hydrogen) atoms. The van der Waals surface area contributed by atoms with E-state index in [0.717, 1.165) is 37.9 Å². The van der Waals surface area contributed by atoms with Gasteiger partial charge in [-0.3, -0.25) is 9.89 Å². The van der Waals surface area contributed by atoms with Gasteiger partial charge in [-0.1, -0.05) is 12.1 Å². The van der Waals surface area contributed by atoms with E-state index in [1.54, 1.807) is 7.11 Å². The summed E-state index contributed by atoms with van der Waals surface area (Å²) in [5, 5.41) is 6.83. The molecule has 0 aliphatic carbocycles. The van der Waals surface area contributed by atoms with E-state index >= 15 is 0 Å². The van der Waals surface area contributed by atoms with Crippen LogP contribution in [0.25, 0.3) is 0 Å². The molecule has 1 atom stereocenters. The minimum absolute atomic E-state index is 0.0138. The molecular formula is C20H34N4O. The summed E-state index contributed by atoms with van der Waals surface area (Å²) in [7, 11) is 1.72. The molecular weight excluding hydrogens is 312 g/mol. The lowest BCUT2D eigenvalue weighted by molar-refractivity contribution is 0.251. The number of methoxy groups -OCH3 is 1. The van der Waals surface area contributed by atoms with E-state index in [4.69, 9.17) is 9.73 Å². The molecule has 0 aromatic heterocycles. The molecule has 1 unspecified atom stereocenters. The van der Waals surface area contributed by atoms with Crippen LogP contribution in [0.3, 0.4) is 0 Å². The van der Waals surface area contributed by atoms with E-state index in [2.05, 4.69) is 61.4 Å². The lowest BCUT2D eigenvalue weighted by atomic mass is 10.1. The molecule has 1 heterocycles. The van der Waals surface area contributed by atoms with Crippen LogP contribution >= 0.6 is 0 Å². The number of aliphatic imine (C=N–C) groups is 1. The molecule has 5 nitrogen and oxygen atoms in total. The van der Waals surface area contributed by atoms with E-state index in [1.807, 2.05) is 6.07 Å². The Labute approximate surface area is 152 Å². The Bertz CT molecular complexity index is 559. The minimum atomic E-state index is -0.0138. The van der Waals surface area contributed by atoms with Gasteiger partial charge in [0.25, 0.3) is 0 Å². The molecule has 0 amide bonds. The van der Waals surface area contributed by atoms with E-state index in [-0.39, 0.29) is 11.6 Å². The zero-order valence-corrected chi connectivity index (χ0v) is 16.4. The van der Waals surface area contributed by atoms with Crippen molar-refractivity contribution in [2.45, 2.75) is 52.1 Å². The zero-order valence-electron chi connectivity index (χ0n) is 16.4. The van der Waals surface area contributed by atoms with Crippen molar-refractivity contribution in [3.8, 4) is 5.75 Å². The Morgan fingerprint density at radius 1 is 1.28 bits per heavy atom. The standard InChI is InChI=1S/C20H34N4O/c1-6-21-19(23-20(2,3)4)22-15-18(24-12-7-8-13-24)16-10-9-11-17(14-16)25-5/h9-11,14,18H,6-8,12-13,15H2,1-5H3,(H2,21,22,23). The van der Waals surface area contributed by atoms with E-state index in [9.17, 15) is 0 Å². The first-order valence-corrected chi connectivity index (χ1v) is 9.37. The number of hydrogen-bond acceptors (Lipinski definition) is 3. The molecule has 2 rings (SSSR count). The van der Waals surface area contributed by atoms with Gasteiger partial charge in [0.05, 0.1) is 19.7 Å². The number of benzene rings is 1. The van der Waals surface area contributed by atoms with Crippen LogP contribution in [0, 0.1) is 0 Å². The number of hydrogen-bond donors (Lipinski definition) is 2. The van der Waals surface area contributed by atoms with Crippen molar-refractivity contribution in [1.82, 2.24) is 15.5 Å². The highest BCUT2D eigenvalue weighted by Gasteiger charge is 2.24. The number of likely N-dealkylation sites (tertiary alicyclic amines) is 1.